The van der Waals surface area contributed by atoms with Crippen molar-refractivity contribution in [1.29, 1.82) is 0 Å². The molecule has 0 unspecified atom stereocenters. The maximum atomic E-state index is 11.4. The van der Waals surface area contributed by atoms with Gasteiger partial charge >= 0.3 is 5.97 Å². The van der Waals surface area contributed by atoms with Crippen molar-refractivity contribution in [3.05, 3.63) is 53.6 Å². The number of benzene rings is 2. The highest BCUT2D eigenvalue weighted by atomic mass is 32.2. The molecule has 0 spiro atoms. The van der Waals surface area contributed by atoms with Crippen molar-refractivity contribution in [1.82, 2.24) is 0 Å². The number of carboxylic acid groups (broad SMARTS) is 1. The van der Waals surface area contributed by atoms with Crippen LogP contribution in [0.5, 0.6) is 0 Å². The predicted octanol–water partition coefficient (Wildman–Crippen LogP) is 2.76. The number of hydrogen-bond donors (Lipinski definition) is 1. The van der Waals surface area contributed by atoms with Crippen LogP contribution in [0.1, 0.15) is 15.9 Å². The Hall–Kier alpha value is -2.14. The van der Waals surface area contributed by atoms with Crippen molar-refractivity contribution >= 4 is 15.8 Å². The molecule has 1 N–H and O–H groups in total. The zero-order chi connectivity index (χ0) is 14.9. The summed E-state index contributed by atoms with van der Waals surface area (Å²) in [6, 6.07) is 11.5. The Morgan fingerprint density at radius 2 is 1.65 bits per heavy atom. The van der Waals surface area contributed by atoms with Gasteiger partial charge in [-0.25, -0.2) is 13.2 Å². The Bertz CT molecular complexity index is 759. The Morgan fingerprint density at radius 3 is 2.15 bits per heavy atom. The second-order valence-corrected chi connectivity index (χ2v) is 6.60. The van der Waals surface area contributed by atoms with Gasteiger partial charge in [0.2, 0.25) is 0 Å². The first-order valence-electron chi connectivity index (χ1n) is 5.94. The molecule has 0 heterocycles. The van der Waals surface area contributed by atoms with Gasteiger partial charge in [-0.1, -0.05) is 24.3 Å². The summed E-state index contributed by atoms with van der Waals surface area (Å²) in [7, 11) is -3.23. The third-order valence-corrected chi connectivity index (χ3v) is 4.29. The molecule has 0 saturated carbocycles. The van der Waals surface area contributed by atoms with Crippen molar-refractivity contribution in [2.45, 2.75) is 11.8 Å². The number of aromatic carboxylic acids is 1. The van der Waals surface area contributed by atoms with Gasteiger partial charge in [-0.2, -0.15) is 0 Å². The number of hydrogen-bond acceptors (Lipinski definition) is 3. The summed E-state index contributed by atoms with van der Waals surface area (Å²) in [5, 5.41) is 9.11. The van der Waals surface area contributed by atoms with Crippen molar-refractivity contribution in [2.24, 2.45) is 0 Å². The lowest BCUT2D eigenvalue weighted by Gasteiger charge is -2.09. The molecule has 5 heteroatoms. The summed E-state index contributed by atoms with van der Waals surface area (Å²) in [4.78, 5) is 11.4. The molecule has 0 aromatic heterocycles. The highest BCUT2D eigenvalue weighted by molar-refractivity contribution is 7.90. The van der Waals surface area contributed by atoms with E-state index in [0.717, 1.165) is 17.4 Å². The summed E-state index contributed by atoms with van der Waals surface area (Å²) in [6.07, 6.45) is 1.15. The topological polar surface area (TPSA) is 71.4 Å². The number of carboxylic acids is 1. The molecule has 0 aliphatic heterocycles. The van der Waals surface area contributed by atoms with Gasteiger partial charge in [-0.05, 0) is 41.8 Å². The molecule has 2 aromatic carbocycles. The zero-order valence-electron chi connectivity index (χ0n) is 11.1. The number of rotatable bonds is 3. The van der Waals surface area contributed by atoms with E-state index in [1.165, 1.54) is 12.1 Å². The Balaban J connectivity index is 2.53. The summed E-state index contributed by atoms with van der Waals surface area (Å²) >= 11 is 0. The molecule has 4 nitrogen and oxygen atoms in total. The van der Waals surface area contributed by atoms with Gasteiger partial charge in [0.1, 0.15) is 0 Å². The lowest BCUT2D eigenvalue weighted by molar-refractivity contribution is 0.0696. The first-order chi connectivity index (χ1) is 9.30. The summed E-state index contributed by atoms with van der Waals surface area (Å²) < 4.78 is 22.8. The van der Waals surface area contributed by atoms with Gasteiger partial charge in [-0.15, -0.1) is 0 Å². The molecule has 20 heavy (non-hydrogen) atoms. The van der Waals surface area contributed by atoms with Crippen LogP contribution in [0.15, 0.2) is 47.4 Å². The van der Waals surface area contributed by atoms with Gasteiger partial charge in [0.25, 0.3) is 0 Å². The van der Waals surface area contributed by atoms with Crippen LogP contribution >= 0.6 is 0 Å². The van der Waals surface area contributed by atoms with Crippen LogP contribution in [0.3, 0.4) is 0 Å². The van der Waals surface area contributed by atoms with Gasteiger partial charge in [0.05, 0.1) is 10.5 Å². The minimum atomic E-state index is -3.23. The molecule has 2 aromatic rings. The molecule has 2 rings (SSSR count). The van der Waals surface area contributed by atoms with Gasteiger partial charge in [-0.3, -0.25) is 0 Å². The van der Waals surface area contributed by atoms with Crippen LogP contribution in [0.2, 0.25) is 0 Å². The summed E-state index contributed by atoms with van der Waals surface area (Å²) in [5.41, 5.74) is 2.48. The van der Waals surface area contributed by atoms with Crippen LogP contribution in [0.4, 0.5) is 0 Å². The lowest BCUT2D eigenvalue weighted by Crippen LogP contribution is -2.01. The predicted molar refractivity (Wildman–Crippen MR) is 76.7 cm³/mol. The largest absolute Gasteiger partial charge is 0.478 e. The summed E-state index contributed by atoms with van der Waals surface area (Å²) in [5.74, 6) is -0.975. The quantitative estimate of drug-likeness (QED) is 0.943. The van der Waals surface area contributed by atoms with Crippen molar-refractivity contribution in [2.75, 3.05) is 6.26 Å². The minimum Gasteiger partial charge on any atom is -0.478 e. The lowest BCUT2D eigenvalue weighted by atomic mass is 9.96. The molecule has 104 valence electrons. The molecule has 0 saturated heterocycles. The molecule has 0 aliphatic carbocycles. The molecule has 0 radical (unpaired) electrons. The van der Waals surface area contributed by atoms with Crippen LogP contribution in [0, 0.1) is 6.92 Å². The normalized spacial score (nSPS) is 11.3. The van der Waals surface area contributed by atoms with Gasteiger partial charge in [0.15, 0.2) is 9.84 Å². The van der Waals surface area contributed by atoms with E-state index in [0.29, 0.717) is 5.56 Å². The van der Waals surface area contributed by atoms with E-state index in [1.807, 2.05) is 6.07 Å². The van der Waals surface area contributed by atoms with E-state index in [-0.39, 0.29) is 10.5 Å². The van der Waals surface area contributed by atoms with Gasteiger partial charge < -0.3 is 5.11 Å². The zero-order valence-corrected chi connectivity index (χ0v) is 11.9. The molecule has 0 amide bonds. The van der Waals surface area contributed by atoms with Crippen molar-refractivity contribution in [3.63, 3.8) is 0 Å². The number of sulfone groups is 1. The third kappa shape index (κ3) is 2.72. The highest BCUT2D eigenvalue weighted by Crippen LogP contribution is 2.26. The fraction of sp³-hybridized carbons (Fsp3) is 0.133. The second kappa shape index (κ2) is 5.09. The average molecular weight is 290 g/mol. The minimum absolute atomic E-state index is 0.244. The molecule has 0 bridgehead atoms. The molecular formula is C15H14O4S. The standard InChI is InChI=1S/C15H14O4S/c1-10-13(4-3-5-14(10)15(16)17)11-6-8-12(9-7-11)20(2,18)19/h3-9H,1-2H3,(H,16,17). The number of carbonyl (C=O) groups is 1. The SMILES string of the molecule is Cc1c(C(=O)O)cccc1-c1ccc(S(C)(=O)=O)cc1. The highest BCUT2D eigenvalue weighted by Gasteiger charge is 2.12. The van der Waals surface area contributed by atoms with E-state index in [2.05, 4.69) is 0 Å². The van der Waals surface area contributed by atoms with Crippen molar-refractivity contribution in [3.8, 4) is 11.1 Å². The third-order valence-electron chi connectivity index (χ3n) is 3.16. The average Bonchev–Trinajstić information content (AvgIpc) is 2.38. The maximum Gasteiger partial charge on any atom is 0.335 e. The molecule has 0 atom stereocenters. The van der Waals surface area contributed by atoms with Crippen LogP contribution < -0.4 is 0 Å². The maximum absolute atomic E-state index is 11.4. The van der Waals surface area contributed by atoms with Crippen molar-refractivity contribution < 1.29 is 18.3 Å². The molecule has 0 aliphatic rings. The first-order valence-corrected chi connectivity index (χ1v) is 7.83. The van der Waals surface area contributed by atoms with E-state index in [9.17, 15) is 13.2 Å². The van der Waals surface area contributed by atoms with E-state index in [4.69, 9.17) is 5.11 Å². The van der Waals surface area contributed by atoms with Gasteiger partial charge in [0, 0.05) is 6.26 Å². The molecule has 0 fully saturated rings. The summed E-state index contributed by atoms with van der Waals surface area (Å²) in [6.45, 7) is 1.74. The molecular weight excluding hydrogens is 276 g/mol. The Labute approximate surface area is 117 Å². The smallest absolute Gasteiger partial charge is 0.335 e. The van der Waals surface area contributed by atoms with Crippen LogP contribution in [0.25, 0.3) is 11.1 Å². The van der Waals surface area contributed by atoms with E-state index < -0.39 is 15.8 Å². The fourth-order valence-corrected chi connectivity index (χ4v) is 2.69. The van der Waals surface area contributed by atoms with Crippen LogP contribution in [-0.4, -0.2) is 25.7 Å². The Kier molecular flexibility index (Phi) is 3.63. The first kappa shape index (κ1) is 14.3. The van der Waals surface area contributed by atoms with E-state index >= 15 is 0 Å². The second-order valence-electron chi connectivity index (χ2n) is 4.58. The monoisotopic (exact) mass is 290 g/mol. The Morgan fingerprint density at radius 1 is 1.05 bits per heavy atom. The van der Waals surface area contributed by atoms with E-state index in [1.54, 1.807) is 31.2 Å². The van der Waals surface area contributed by atoms with Crippen LogP contribution in [-0.2, 0) is 9.84 Å². The fourth-order valence-electron chi connectivity index (χ4n) is 2.06.